The largest absolute Gasteiger partial charge is 0.472 e. The smallest absolute Gasteiger partial charge is 0.462 e. The number of unbranched alkanes of at least 4 members (excludes halogenated alkanes) is 39. The van der Waals surface area contributed by atoms with Crippen LogP contribution in [0.1, 0.15) is 343 Å². The van der Waals surface area contributed by atoms with Crippen LogP contribution in [-0.4, -0.2) is 96.7 Å². The van der Waals surface area contributed by atoms with E-state index in [1.54, 1.807) is 0 Å². The van der Waals surface area contributed by atoms with Crippen molar-refractivity contribution >= 4 is 39.5 Å². The van der Waals surface area contributed by atoms with Crippen molar-refractivity contribution < 1.29 is 80.2 Å². The van der Waals surface area contributed by atoms with Gasteiger partial charge in [-0.25, -0.2) is 9.13 Å². The molecule has 0 aliphatic heterocycles. The van der Waals surface area contributed by atoms with E-state index in [0.29, 0.717) is 25.7 Å². The summed E-state index contributed by atoms with van der Waals surface area (Å²) in [6, 6.07) is 0. The molecule has 0 aromatic rings. The number of phosphoric ester groups is 2. The monoisotopic (exact) mass is 1270 g/mol. The fourth-order valence-corrected chi connectivity index (χ4v) is 11.7. The van der Waals surface area contributed by atoms with E-state index in [0.717, 1.165) is 95.8 Å². The fourth-order valence-electron chi connectivity index (χ4n) is 10.1. The zero-order valence-corrected chi connectivity index (χ0v) is 57.2. The van der Waals surface area contributed by atoms with Crippen LogP contribution in [0.25, 0.3) is 0 Å². The summed E-state index contributed by atoms with van der Waals surface area (Å²) >= 11 is 0. The minimum atomic E-state index is -4.95. The Bertz CT molecular complexity index is 1670. The zero-order valence-electron chi connectivity index (χ0n) is 55.4. The van der Waals surface area contributed by atoms with Crippen LogP contribution in [0.15, 0.2) is 0 Å². The molecule has 0 aliphatic rings. The zero-order chi connectivity index (χ0) is 63.5. The first-order valence-electron chi connectivity index (χ1n) is 35.1. The number of phosphoric acid groups is 2. The molecule has 510 valence electrons. The number of aliphatic hydroxyl groups excluding tert-OH is 1. The maximum atomic E-state index is 13.0. The molecule has 0 fully saturated rings. The minimum Gasteiger partial charge on any atom is -0.462 e. The molecule has 17 nitrogen and oxygen atoms in total. The Balaban J connectivity index is 5.23. The quantitative estimate of drug-likeness (QED) is 0.0222. The summed E-state index contributed by atoms with van der Waals surface area (Å²) in [7, 11) is -9.89. The maximum absolute atomic E-state index is 13.0. The summed E-state index contributed by atoms with van der Waals surface area (Å²) < 4.78 is 68.1. The van der Waals surface area contributed by atoms with Crippen molar-refractivity contribution in [3.8, 4) is 0 Å². The average Bonchev–Trinajstić information content (AvgIpc) is 3.65. The van der Waals surface area contributed by atoms with Gasteiger partial charge in [0, 0.05) is 25.7 Å². The lowest BCUT2D eigenvalue weighted by atomic mass is 10.0. The summed E-state index contributed by atoms with van der Waals surface area (Å²) in [4.78, 5) is 72.3. The molecule has 0 bridgehead atoms. The molecular formula is C67H130O17P2. The topological polar surface area (TPSA) is 237 Å². The van der Waals surface area contributed by atoms with Gasteiger partial charge in [0.2, 0.25) is 0 Å². The predicted octanol–water partition coefficient (Wildman–Crippen LogP) is 19.0. The average molecular weight is 1270 g/mol. The first-order valence-corrected chi connectivity index (χ1v) is 38.1. The molecule has 3 N–H and O–H groups in total. The van der Waals surface area contributed by atoms with Crippen LogP contribution in [0.5, 0.6) is 0 Å². The SMILES string of the molecule is CCCCCCCCCCCCCC(=O)OC[C@H](COP(=O)(O)OC[C@@H](O)COP(=O)(O)OC[C@@H](COC(=O)CCCCCCCCCCCC)OC(=O)CCCCCCCCCCCC)OC(=O)CCCCCCCCCCCCCCC(C)C. The van der Waals surface area contributed by atoms with E-state index in [4.69, 9.17) is 37.0 Å². The van der Waals surface area contributed by atoms with Crippen molar-refractivity contribution in [2.24, 2.45) is 5.92 Å². The molecule has 5 atom stereocenters. The molecule has 0 saturated heterocycles. The molecule has 0 heterocycles. The molecule has 0 amide bonds. The van der Waals surface area contributed by atoms with Crippen molar-refractivity contribution in [2.45, 2.75) is 361 Å². The van der Waals surface area contributed by atoms with Gasteiger partial charge in [0.15, 0.2) is 12.2 Å². The van der Waals surface area contributed by atoms with Gasteiger partial charge < -0.3 is 33.8 Å². The number of ether oxygens (including phenoxy) is 4. The van der Waals surface area contributed by atoms with E-state index in [1.165, 1.54) is 167 Å². The van der Waals surface area contributed by atoms with Crippen molar-refractivity contribution in [3.05, 3.63) is 0 Å². The molecule has 0 radical (unpaired) electrons. The number of carbonyl (C=O) groups excluding carboxylic acids is 4. The van der Waals surface area contributed by atoms with Crippen LogP contribution in [0.2, 0.25) is 0 Å². The molecule has 19 heteroatoms. The molecule has 0 aromatic heterocycles. The predicted molar refractivity (Wildman–Crippen MR) is 345 cm³/mol. The van der Waals surface area contributed by atoms with Crippen molar-refractivity contribution in [1.29, 1.82) is 0 Å². The highest BCUT2D eigenvalue weighted by atomic mass is 31.2. The summed E-state index contributed by atoms with van der Waals surface area (Å²) in [5, 5.41) is 10.6. The summed E-state index contributed by atoms with van der Waals surface area (Å²) in [5.74, 6) is -1.35. The van der Waals surface area contributed by atoms with Gasteiger partial charge >= 0.3 is 39.5 Å². The molecule has 0 spiro atoms. The van der Waals surface area contributed by atoms with Gasteiger partial charge in [-0.15, -0.1) is 0 Å². The van der Waals surface area contributed by atoms with E-state index in [1.807, 2.05) is 0 Å². The van der Waals surface area contributed by atoms with E-state index in [9.17, 15) is 43.2 Å². The Morgan fingerprint density at radius 1 is 0.314 bits per heavy atom. The minimum absolute atomic E-state index is 0.107. The normalized spacial score (nSPS) is 14.2. The molecule has 86 heavy (non-hydrogen) atoms. The van der Waals surface area contributed by atoms with Crippen molar-refractivity contribution in [2.75, 3.05) is 39.6 Å². The first kappa shape index (κ1) is 84.1. The third kappa shape index (κ3) is 60.9. The van der Waals surface area contributed by atoms with E-state index in [2.05, 4.69) is 34.6 Å². The second-order valence-electron chi connectivity index (χ2n) is 24.7. The Kier molecular flexibility index (Phi) is 59.2. The molecule has 0 aromatic carbocycles. The van der Waals surface area contributed by atoms with Crippen LogP contribution in [-0.2, 0) is 65.4 Å². The Labute approximate surface area is 524 Å². The summed E-state index contributed by atoms with van der Waals surface area (Å²) in [6.45, 7) is 7.21. The van der Waals surface area contributed by atoms with Gasteiger partial charge in [-0.1, -0.05) is 291 Å². The Hall–Kier alpha value is -1.94. The third-order valence-electron chi connectivity index (χ3n) is 15.5. The van der Waals surface area contributed by atoms with Crippen LogP contribution in [0.4, 0.5) is 0 Å². The van der Waals surface area contributed by atoms with Crippen LogP contribution < -0.4 is 0 Å². The highest BCUT2D eigenvalue weighted by molar-refractivity contribution is 7.47. The van der Waals surface area contributed by atoms with Gasteiger partial charge in [0.1, 0.15) is 19.3 Å². The molecule has 0 aliphatic carbocycles. The van der Waals surface area contributed by atoms with E-state index < -0.39 is 97.5 Å². The Morgan fingerprint density at radius 2 is 0.535 bits per heavy atom. The first-order chi connectivity index (χ1) is 41.5. The second kappa shape index (κ2) is 60.6. The van der Waals surface area contributed by atoms with Crippen LogP contribution in [0.3, 0.4) is 0 Å². The molecule has 2 unspecified atom stereocenters. The fraction of sp³-hybridized carbons (Fsp3) is 0.940. The number of aliphatic hydroxyl groups is 1. The van der Waals surface area contributed by atoms with Gasteiger partial charge in [0.25, 0.3) is 0 Å². The van der Waals surface area contributed by atoms with Crippen molar-refractivity contribution in [1.82, 2.24) is 0 Å². The van der Waals surface area contributed by atoms with E-state index >= 15 is 0 Å². The van der Waals surface area contributed by atoms with E-state index in [-0.39, 0.29) is 25.7 Å². The third-order valence-corrected chi connectivity index (χ3v) is 17.4. The van der Waals surface area contributed by atoms with Gasteiger partial charge in [-0.2, -0.15) is 0 Å². The number of rotatable bonds is 67. The highest BCUT2D eigenvalue weighted by Crippen LogP contribution is 2.45. The van der Waals surface area contributed by atoms with Gasteiger partial charge in [-0.3, -0.25) is 37.3 Å². The molecule has 0 saturated carbocycles. The lowest BCUT2D eigenvalue weighted by molar-refractivity contribution is -0.161. The van der Waals surface area contributed by atoms with Crippen LogP contribution >= 0.6 is 15.6 Å². The van der Waals surface area contributed by atoms with Crippen molar-refractivity contribution in [3.63, 3.8) is 0 Å². The number of hydrogen-bond acceptors (Lipinski definition) is 15. The lowest BCUT2D eigenvalue weighted by Gasteiger charge is -2.21. The maximum Gasteiger partial charge on any atom is 0.472 e. The highest BCUT2D eigenvalue weighted by Gasteiger charge is 2.30. The van der Waals surface area contributed by atoms with Gasteiger partial charge in [-0.05, 0) is 31.6 Å². The number of hydrogen-bond donors (Lipinski definition) is 3. The summed E-state index contributed by atoms with van der Waals surface area (Å²) in [6.07, 6.45) is 45.6. The summed E-state index contributed by atoms with van der Waals surface area (Å²) in [5.41, 5.74) is 0. The second-order valence-corrected chi connectivity index (χ2v) is 27.6. The lowest BCUT2D eigenvalue weighted by Crippen LogP contribution is -2.30. The number of esters is 4. The Morgan fingerprint density at radius 3 is 0.791 bits per heavy atom. The molecule has 0 rings (SSSR count). The standard InChI is InChI=1S/C67H130O17P2/c1-6-9-12-15-18-21-26-32-36-41-46-51-65(70)78-57-63(84-67(72)53-48-43-38-33-28-25-24-27-29-34-39-44-49-60(4)5)59-82-86(75,76)80-55-61(68)54-79-85(73,74)81-58-62(83-66(71)52-47-42-37-31-23-20-17-14-11-8-3)56-77-64(69)50-45-40-35-30-22-19-16-13-10-7-2/h60-63,68H,6-59H2,1-5H3,(H,73,74)(H,75,76)/t61-,62+,63+/m0/s1. The van der Waals surface area contributed by atoms with Gasteiger partial charge in [0.05, 0.1) is 26.4 Å². The molecular weight excluding hydrogens is 1140 g/mol. The van der Waals surface area contributed by atoms with Crippen LogP contribution in [0, 0.1) is 5.92 Å². The number of carbonyl (C=O) groups is 4.